The van der Waals surface area contributed by atoms with E-state index < -0.39 is 11.6 Å². The second-order valence-electron chi connectivity index (χ2n) is 5.66. The van der Waals surface area contributed by atoms with E-state index in [4.69, 9.17) is 9.47 Å². The first-order valence-corrected chi connectivity index (χ1v) is 8.05. The van der Waals surface area contributed by atoms with Gasteiger partial charge in [0.25, 0.3) is 0 Å². The fraction of sp³-hybridized carbons (Fsp3) is 0.158. The van der Waals surface area contributed by atoms with E-state index >= 15 is 0 Å². The fourth-order valence-corrected chi connectivity index (χ4v) is 2.44. The maximum Gasteiger partial charge on any atom is 0.229 e. The summed E-state index contributed by atoms with van der Waals surface area (Å²) in [5, 5.41) is 6.02. The number of nitrogens with zero attached hydrogens (tertiary/aromatic N) is 2. The molecule has 0 saturated heterocycles. The Morgan fingerprint density at radius 2 is 1.67 bits per heavy atom. The first-order chi connectivity index (χ1) is 13.0. The zero-order valence-corrected chi connectivity index (χ0v) is 15.0. The SMILES string of the molecule is COc1ccc(OC)c(Nc2cc(C)nc(Nc3ccc(F)c(F)c3)n2)c1. The Bertz CT molecular complexity index is 966. The number of hydrogen-bond donors (Lipinski definition) is 2. The molecule has 6 nitrogen and oxygen atoms in total. The van der Waals surface area contributed by atoms with Crippen molar-refractivity contribution in [2.45, 2.75) is 6.92 Å². The molecule has 27 heavy (non-hydrogen) atoms. The summed E-state index contributed by atoms with van der Waals surface area (Å²) in [4.78, 5) is 8.63. The lowest BCUT2D eigenvalue weighted by atomic mass is 10.2. The molecule has 0 bridgehead atoms. The quantitative estimate of drug-likeness (QED) is 0.661. The first-order valence-electron chi connectivity index (χ1n) is 8.05. The molecule has 0 aliphatic carbocycles. The van der Waals surface area contributed by atoms with E-state index in [-0.39, 0.29) is 5.95 Å². The summed E-state index contributed by atoms with van der Waals surface area (Å²) in [6.45, 7) is 1.80. The number of aromatic nitrogens is 2. The number of halogens is 2. The average Bonchev–Trinajstić information content (AvgIpc) is 2.64. The van der Waals surface area contributed by atoms with E-state index in [0.717, 1.165) is 12.1 Å². The summed E-state index contributed by atoms with van der Waals surface area (Å²) >= 11 is 0. The van der Waals surface area contributed by atoms with E-state index in [1.165, 1.54) is 6.07 Å². The molecule has 1 heterocycles. The van der Waals surface area contributed by atoms with E-state index in [0.29, 0.717) is 34.4 Å². The molecule has 0 aliphatic rings. The van der Waals surface area contributed by atoms with Crippen molar-refractivity contribution in [3.63, 3.8) is 0 Å². The highest BCUT2D eigenvalue weighted by Crippen LogP contribution is 2.31. The minimum atomic E-state index is -0.952. The molecule has 0 aliphatic heterocycles. The number of anilines is 4. The molecule has 0 radical (unpaired) electrons. The van der Waals surface area contributed by atoms with Crippen LogP contribution in [0, 0.1) is 18.6 Å². The van der Waals surface area contributed by atoms with E-state index in [9.17, 15) is 8.78 Å². The number of hydrogen-bond acceptors (Lipinski definition) is 6. The zero-order valence-electron chi connectivity index (χ0n) is 15.0. The van der Waals surface area contributed by atoms with Crippen LogP contribution in [0.5, 0.6) is 11.5 Å². The average molecular weight is 372 g/mol. The van der Waals surface area contributed by atoms with Crippen LogP contribution in [0.1, 0.15) is 5.69 Å². The fourth-order valence-electron chi connectivity index (χ4n) is 2.44. The van der Waals surface area contributed by atoms with Gasteiger partial charge < -0.3 is 20.1 Å². The van der Waals surface area contributed by atoms with Crippen molar-refractivity contribution in [1.82, 2.24) is 9.97 Å². The summed E-state index contributed by atoms with van der Waals surface area (Å²) in [5.74, 6) is 0.140. The van der Waals surface area contributed by atoms with Crippen LogP contribution in [-0.2, 0) is 0 Å². The smallest absolute Gasteiger partial charge is 0.229 e. The van der Waals surface area contributed by atoms with Crippen LogP contribution in [0.2, 0.25) is 0 Å². The second-order valence-corrected chi connectivity index (χ2v) is 5.66. The summed E-state index contributed by atoms with van der Waals surface area (Å²) in [5.41, 5.74) is 1.68. The van der Waals surface area contributed by atoms with Crippen molar-refractivity contribution in [3.8, 4) is 11.5 Å². The van der Waals surface area contributed by atoms with Crippen molar-refractivity contribution in [3.05, 3.63) is 59.8 Å². The van der Waals surface area contributed by atoms with E-state index in [2.05, 4.69) is 20.6 Å². The first kappa shape index (κ1) is 18.4. The molecule has 1 aromatic heterocycles. The van der Waals surface area contributed by atoms with Gasteiger partial charge in [0.05, 0.1) is 19.9 Å². The Hall–Kier alpha value is -3.42. The van der Waals surface area contributed by atoms with Crippen molar-refractivity contribution in [2.24, 2.45) is 0 Å². The topological polar surface area (TPSA) is 68.3 Å². The van der Waals surface area contributed by atoms with Crippen molar-refractivity contribution in [1.29, 1.82) is 0 Å². The third kappa shape index (κ3) is 4.41. The largest absolute Gasteiger partial charge is 0.497 e. The molecule has 0 atom stereocenters. The van der Waals surface area contributed by atoms with Crippen LogP contribution in [0.25, 0.3) is 0 Å². The minimum absolute atomic E-state index is 0.241. The highest BCUT2D eigenvalue weighted by molar-refractivity contribution is 5.67. The number of benzene rings is 2. The molecular weight excluding hydrogens is 354 g/mol. The molecule has 2 aromatic carbocycles. The third-order valence-electron chi connectivity index (χ3n) is 3.70. The Balaban J connectivity index is 1.88. The Labute approximate surface area is 155 Å². The molecule has 0 unspecified atom stereocenters. The molecular formula is C19H18F2N4O2. The lowest BCUT2D eigenvalue weighted by Crippen LogP contribution is -2.03. The summed E-state index contributed by atoms with van der Waals surface area (Å²) < 4.78 is 37.0. The standard InChI is InChI=1S/C19H18F2N4O2/c1-11-8-18(24-16-10-13(26-2)5-7-17(16)27-3)25-19(22-11)23-12-4-6-14(20)15(21)9-12/h4-10H,1-3H3,(H2,22,23,24,25). The number of ether oxygens (including phenoxy) is 2. The predicted molar refractivity (Wildman–Crippen MR) is 99.2 cm³/mol. The monoisotopic (exact) mass is 372 g/mol. The minimum Gasteiger partial charge on any atom is -0.497 e. The maximum atomic E-state index is 13.4. The van der Waals surface area contributed by atoms with Crippen LogP contribution in [0.15, 0.2) is 42.5 Å². The van der Waals surface area contributed by atoms with Gasteiger partial charge in [0.1, 0.15) is 17.3 Å². The molecule has 0 amide bonds. The van der Waals surface area contributed by atoms with Crippen molar-refractivity contribution in [2.75, 3.05) is 24.9 Å². The number of aryl methyl sites for hydroxylation is 1. The molecule has 3 aromatic rings. The van der Waals surface area contributed by atoms with Gasteiger partial charge in [0.2, 0.25) is 5.95 Å². The normalized spacial score (nSPS) is 10.4. The van der Waals surface area contributed by atoms with Gasteiger partial charge in [-0.1, -0.05) is 0 Å². The molecule has 0 fully saturated rings. The van der Waals surface area contributed by atoms with E-state index in [1.54, 1.807) is 45.4 Å². The highest BCUT2D eigenvalue weighted by Gasteiger charge is 2.09. The molecule has 2 N–H and O–H groups in total. The number of nitrogens with one attached hydrogen (secondary N) is 2. The summed E-state index contributed by atoms with van der Waals surface area (Å²) in [7, 11) is 3.14. The molecule has 140 valence electrons. The van der Waals surface area contributed by atoms with Crippen LogP contribution >= 0.6 is 0 Å². The molecule has 3 rings (SSSR count). The lowest BCUT2D eigenvalue weighted by Gasteiger charge is -2.13. The van der Waals surface area contributed by atoms with E-state index in [1.807, 2.05) is 0 Å². The zero-order chi connectivity index (χ0) is 19.4. The Morgan fingerprint density at radius 1 is 0.852 bits per heavy atom. The predicted octanol–water partition coefficient (Wildman–Crippen LogP) is 4.57. The summed E-state index contributed by atoms with van der Waals surface area (Å²) in [6, 6.07) is 10.6. The van der Waals surface area contributed by atoms with Gasteiger partial charge in [-0.15, -0.1) is 0 Å². The van der Waals surface area contributed by atoms with Crippen LogP contribution in [0.3, 0.4) is 0 Å². The van der Waals surface area contributed by atoms with Gasteiger partial charge in [0, 0.05) is 29.6 Å². The van der Waals surface area contributed by atoms with Gasteiger partial charge in [-0.05, 0) is 31.2 Å². The molecule has 0 spiro atoms. The Morgan fingerprint density at radius 3 is 2.37 bits per heavy atom. The third-order valence-corrected chi connectivity index (χ3v) is 3.70. The van der Waals surface area contributed by atoms with Gasteiger partial charge in [0.15, 0.2) is 11.6 Å². The molecule has 0 saturated carbocycles. The number of methoxy groups -OCH3 is 2. The van der Waals surface area contributed by atoms with Crippen LogP contribution < -0.4 is 20.1 Å². The highest BCUT2D eigenvalue weighted by atomic mass is 19.2. The van der Waals surface area contributed by atoms with Gasteiger partial charge in [-0.2, -0.15) is 4.98 Å². The van der Waals surface area contributed by atoms with Crippen molar-refractivity contribution >= 4 is 23.1 Å². The van der Waals surface area contributed by atoms with Crippen LogP contribution in [-0.4, -0.2) is 24.2 Å². The van der Waals surface area contributed by atoms with Gasteiger partial charge in [-0.3, -0.25) is 0 Å². The summed E-state index contributed by atoms with van der Waals surface area (Å²) in [6.07, 6.45) is 0. The Kier molecular flexibility index (Phi) is 5.35. The van der Waals surface area contributed by atoms with Crippen LogP contribution in [0.4, 0.5) is 31.9 Å². The van der Waals surface area contributed by atoms with Gasteiger partial charge >= 0.3 is 0 Å². The maximum absolute atomic E-state index is 13.4. The van der Waals surface area contributed by atoms with Crippen molar-refractivity contribution < 1.29 is 18.3 Å². The van der Waals surface area contributed by atoms with Gasteiger partial charge in [-0.25, -0.2) is 13.8 Å². The number of rotatable bonds is 6. The molecule has 8 heteroatoms. The second kappa shape index (κ2) is 7.86. The lowest BCUT2D eigenvalue weighted by molar-refractivity contribution is 0.405.